The number of benzene rings is 2. The third-order valence-electron chi connectivity index (χ3n) is 5.30. The van der Waals surface area contributed by atoms with E-state index in [1.165, 1.54) is 54.1 Å². The largest absolute Gasteiger partial charge is 0.385 e. The molecule has 3 rings (SSSR count). The van der Waals surface area contributed by atoms with E-state index in [1.807, 2.05) is 24.3 Å². The highest BCUT2D eigenvalue weighted by Gasteiger charge is 2.23. The maximum Gasteiger partial charge on any atom is 0.0991 e. The van der Waals surface area contributed by atoms with E-state index < -0.39 is 0 Å². The molecule has 2 nitrogen and oxygen atoms in total. The predicted octanol–water partition coefficient (Wildman–Crippen LogP) is 5.63. The van der Waals surface area contributed by atoms with Gasteiger partial charge in [0.05, 0.1) is 11.6 Å². The molecule has 0 unspecified atom stereocenters. The van der Waals surface area contributed by atoms with Crippen molar-refractivity contribution >= 4 is 8.80 Å². The molecule has 1 aliphatic heterocycles. The lowest BCUT2D eigenvalue weighted by molar-refractivity contribution is 0.199. The average molecular weight is 349 g/mol. The first-order chi connectivity index (χ1) is 12.3. The van der Waals surface area contributed by atoms with Crippen LogP contribution in [0.25, 0.3) is 11.1 Å². The van der Waals surface area contributed by atoms with E-state index in [1.54, 1.807) is 7.11 Å². The van der Waals surface area contributed by atoms with Crippen molar-refractivity contribution in [2.24, 2.45) is 0 Å². The van der Waals surface area contributed by atoms with Crippen LogP contribution in [0, 0.1) is 11.3 Å². The van der Waals surface area contributed by atoms with Gasteiger partial charge in [-0.3, -0.25) is 0 Å². The van der Waals surface area contributed by atoms with Gasteiger partial charge in [-0.15, -0.1) is 0 Å². The van der Waals surface area contributed by atoms with Gasteiger partial charge < -0.3 is 4.74 Å². The third-order valence-corrected chi connectivity index (χ3v) is 8.35. The molecule has 0 aromatic heterocycles. The van der Waals surface area contributed by atoms with E-state index in [-0.39, 0.29) is 8.80 Å². The maximum absolute atomic E-state index is 8.90. The molecule has 0 saturated carbocycles. The van der Waals surface area contributed by atoms with Gasteiger partial charge in [-0.05, 0) is 54.0 Å². The molecule has 1 aliphatic rings. The Morgan fingerprint density at radius 2 is 1.60 bits per heavy atom. The fraction of sp³-hybridized carbons (Fsp3) is 0.409. The zero-order chi connectivity index (χ0) is 17.5. The quantitative estimate of drug-likeness (QED) is 0.500. The molecular formula is C22H26NOSi. The summed E-state index contributed by atoms with van der Waals surface area (Å²) in [6, 6.07) is 23.4. The van der Waals surface area contributed by atoms with Gasteiger partial charge in [0.15, 0.2) is 0 Å². The van der Waals surface area contributed by atoms with Crippen molar-refractivity contribution in [1.82, 2.24) is 0 Å². The minimum Gasteiger partial charge on any atom is -0.385 e. The smallest absolute Gasteiger partial charge is 0.0991 e. The van der Waals surface area contributed by atoms with Gasteiger partial charge in [0.25, 0.3) is 0 Å². The summed E-state index contributed by atoms with van der Waals surface area (Å²) < 4.78 is 5.18. The Hall–Kier alpha value is -1.89. The molecule has 129 valence electrons. The first-order valence-electron chi connectivity index (χ1n) is 9.23. The summed E-state index contributed by atoms with van der Waals surface area (Å²) in [6.07, 6.45) is 3.96. The summed E-state index contributed by atoms with van der Waals surface area (Å²) in [6.45, 7) is 0.925. The van der Waals surface area contributed by atoms with E-state index in [4.69, 9.17) is 10.00 Å². The first kappa shape index (κ1) is 17.9. The van der Waals surface area contributed by atoms with Crippen LogP contribution in [0.4, 0.5) is 0 Å². The molecule has 2 aromatic rings. The minimum atomic E-state index is -0.124. The van der Waals surface area contributed by atoms with Gasteiger partial charge in [0.2, 0.25) is 0 Å². The Morgan fingerprint density at radius 3 is 2.16 bits per heavy atom. The van der Waals surface area contributed by atoms with Gasteiger partial charge in [0.1, 0.15) is 0 Å². The van der Waals surface area contributed by atoms with Crippen molar-refractivity contribution in [3.05, 3.63) is 59.7 Å². The topological polar surface area (TPSA) is 33.0 Å². The molecule has 3 heteroatoms. The summed E-state index contributed by atoms with van der Waals surface area (Å²) in [4.78, 5) is 0. The molecule has 25 heavy (non-hydrogen) atoms. The lowest BCUT2D eigenvalue weighted by Gasteiger charge is -2.28. The highest BCUT2D eigenvalue weighted by Crippen LogP contribution is 2.35. The fourth-order valence-electron chi connectivity index (χ4n) is 3.76. The van der Waals surface area contributed by atoms with Gasteiger partial charge >= 0.3 is 0 Å². The SMILES string of the molecule is COCCC[Si]1CCC(c2ccc(-c3ccc(C#N)cc3)cc2)CC1. The molecule has 0 N–H and O–H groups in total. The number of hydrogen-bond donors (Lipinski definition) is 0. The van der Waals surface area contributed by atoms with Crippen molar-refractivity contribution in [3.8, 4) is 17.2 Å². The van der Waals surface area contributed by atoms with Gasteiger partial charge in [-0.1, -0.05) is 54.5 Å². The van der Waals surface area contributed by atoms with Crippen LogP contribution in [0.15, 0.2) is 48.5 Å². The third kappa shape index (κ3) is 4.81. The molecule has 1 saturated heterocycles. The fourth-order valence-corrected chi connectivity index (χ4v) is 6.67. The zero-order valence-corrected chi connectivity index (χ0v) is 16.0. The molecule has 1 heterocycles. The van der Waals surface area contributed by atoms with Crippen LogP contribution >= 0.6 is 0 Å². The number of rotatable bonds is 6. The van der Waals surface area contributed by atoms with Crippen molar-refractivity contribution < 1.29 is 4.74 Å². The van der Waals surface area contributed by atoms with Gasteiger partial charge in [-0.2, -0.15) is 5.26 Å². The van der Waals surface area contributed by atoms with Crippen molar-refractivity contribution in [3.63, 3.8) is 0 Å². The molecular weight excluding hydrogens is 322 g/mol. The minimum absolute atomic E-state index is 0.124. The van der Waals surface area contributed by atoms with Crippen LogP contribution in [0.2, 0.25) is 18.1 Å². The molecule has 0 amide bonds. The summed E-state index contributed by atoms with van der Waals surface area (Å²) in [5.41, 5.74) is 4.62. The van der Waals surface area contributed by atoms with Gasteiger partial charge in [-0.25, -0.2) is 0 Å². The van der Waals surface area contributed by atoms with E-state index in [0.717, 1.165) is 12.5 Å². The maximum atomic E-state index is 8.90. The lowest BCUT2D eigenvalue weighted by Crippen LogP contribution is -2.20. The molecule has 0 spiro atoms. The standard InChI is InChI=1S/C22H26NOSi/c1-24-13-2-14-25-15-11-22(12-16-25)21-9-7-20(8-10-21)19-5-3-18(17-23)4-6-19/h3-10,22H,2,11-16H2,1H3. The average Bonchev–Trinajstić information content (AvgIpc) is 2.69. The Balaban J connectivity index is 1.57. The molecule has 1 radical (unpaired) electrons. The number of methoxy groups -OCH3 is 1. The second-order valence-electron chi connectivity index (χ2n) is 6.93. The monoisotopic (exact) mass is 348 g/mol. The normalized spacial score (nSPS) is 15.8. The summed E-state index contributed by atoms with van der Waals surface area (Å²) in [5, 5.41) is 8.90. The second kappa shape index (κ2) is 8.99. The molecule has 0 aliphatic carbocycles. The number of nitriles is 1. The van der Waals surface area contributed by atoms with Crippen molar-refractivity contribution in [1.29, 1.82) is 5.26 Å². The van der Waals surface area contributed by atoms with Crippen LogP contribution in [-0.2, 0) is 4.74 Å². The van der Waals surface area contributed by atoms with Crippen LogP contribution < -0.4 is 0 Å². The Bertz CT molecular complexity index is 694. The summed E-state index contributed by atoms with van der Waals surface area (Å²) in [5.74, 6) is 0.742. The number of nitrogens with zero attached hydrogens (tertiary/aromatic N) is 1. The van der Waals surface area contributed by atoms with Crippen molar-refractivity contribution in [2.45, 2.75) is 43.3 Å². The van der Waals surface area contributed by atoms with E-state index in [2.05, 4.69) is 30.3 Å². The summed E-state index contributed by atoms with van der Waals surface area (Å²) >= 11 is 0. The van der Waals surface area contributed by atoms with Gasteiger partial charge in [0, 0.05) is 22.5 Å². The van der Waals surface area contributed by atoms with Crippen LogP contribution in [-0.4, -0.2) is 22.5 Å². The zero-order valence-electron chi connectivity index (χ0n) is 15.0. The second-order valence-corrected chi connectivity index (χ2v) is 9.93. The van der Waals surface area contributed by atoms with E-state index >= 15 is 0 Å². The molecule has 0 atom stereocenters. The summed E-state index contributed by atoms with van der Waals surface area (Å²) in [7, 11) is 1.68. The van der Waals surface area contributed by atoms with Crippen LogP contribution in [0.3, 0.4) is 0 Å². The van der Waals surface area contributed by atoms with E-state index in [9.17, 15) is 0 Å². The first-order valence-corrected chi connectivity index (χ1v) is 11.4. The molecule has 2 aromatic carbocycles. The highest BCUT2D eigenvalue weighted by molar-refractivity contribution is 6.59. The van der Waals surface area contributed by atoms with Crippen LogP contribution in [0.5, 0.6) is 0 Å². The lowest BCUT2D eigenvalue weighted by atomic mass is 9.92. The highest BCUT2D eigenvalue weighted by atomic mass is 28.3. The number of ether oxygens (including phenoxy) is 1. The van der Waals surface area contributed by atoms with E-state index in [0.29, 0.717) is 5.56 Å². The Kier molecular flexibility index (Phi) is 6.44. The predicted molar refractivity (Wildman–Crippen MR) is 105 cm³/mol. The Morgan fingerprint density at radius 1 is 1.00 bits per heavy atom. The Labute approximate surface area is 153 Å². The van der Waals surface area contributed by atoms with Crippen LogP contribution in [0.1, 0.15) is 36.3 Å². The molecule has 0 bridgehead atoms. The van der Waals surface area contributed by atoms with Crippen molar-refractivity contribution in [2.75, 3.05) is 13.7 Å². The number of hydrogen-bond acceptors (Lipinski definition) is 2. The molecule has 1 fully saturated rings.